The molecular weight excluding hydrogens is 614 g/mol. The summed E-state index contributed by atoms with van der Waals surface area (Å²) in [6, 6.07) is 6.41. The molecule has 0 saturated carbocycles. The first-order valence-corrected chi connectivity index (χ1v) is 16.4. The van der Waals surface area contributed by atoms with Gasteiger partial charge in [0.2, 0.25) is 17.7 Å². The van der Waals surface area contributed by atoms with Crippen molar-refractivity contribution in [2.75, 3.05) is 79.1 Å². The van der Waals surface area contributed by atoms with Crippen LogP contribution < -0.4 is 20.7 Å². The first kappa shape index (κ1) is 41.4. The van der Waals surface area contributed by atoms with Crippen molar-refractivity contribution in [3.63, 3.8) is 0 Å². The largest absolute Gasteiger partial charge is 0.494 e. The van der Waals surface area contributed by atoms with Crippen LogP contribution in [0, 0.1) is 0 Å². The highest BCUT2D eigenvalue weighted by atomic mass is 16.5. The molecule has 1 rings (SSSR count). The van der Waals surface area contributed by atoms with Gasteiger partial charge in [-0.15, -0.1) is 0 Å². The topological polar surface area (TPSA) is 188 Å². The number of amides is 3. The summed E-state index contributed by atoms with van der Waals surface area (Å²) in [7, 11) is 0. The maximum atomic E-state index is 12.0. The standard InChI is InChI=1S/C33H53N3O11/c37-18-8-7-15-34-31(39)26-45-24-23-44-21-17-36-32(40)27-46-25-22-43-20-16-35-30(38)10-6-4-2-1-3-5-9-19-47-29-13-11-28(12-14-29)33(41)42/h11-14,18H,1-10,15-17,19-27H2,(H,34,39)(H,35,38)(H,36,40)(H,41,42). The van der Waals surface area contributed by atoms with Crippen LogP contribution in [-0.4, -0.2) is 114 Å². The zero-order chi connectivity index (χ0) is 34.2. The second-order valence-electron chi connectivity index (χ2n) is 10.6. The molecule has 0 radical (unpaired) electrons. The highest BCUT2D eigenvalue weighted by Gasteiger charge is 2.04. The molecule has 0 unspecified atom stereocenters. The summed E-state index contributed by atoms with van der Waals surface area (Å²) in [5.41, 5.74) is 0.245. The van der Waals surface area contributed by atoms with Crippen LogP contribution in [0.2, 0.25) is 0 Å². The van der Waals surface area contributed by atoms with E-state index in [1.807, 2.05) is 0 Å². The number of aromatic carboxylic acids is 1. The molecule has 1 aromatic carbocycles. The number of hydrogen-bond donors (Lipinski definition) is 4. The van der Waals surface area contributed by atoms with Gasteiger partial charge in [0.25, 0.3) is 0 Å². The molecule has 0 aliphatic carbocycles. The summed E-state index contributed by atoms with van der Waals surface area (Å²) in [6.45, 7) is 3.41. The summed E-state index contributed by atoms with van der Waals surface area (Å²) >= 11 is 0. The zero-order valence-corrected chi connectivity index (χ0v) is 27.5. The number of carboxylic acid groups (broad SMARTS) is 1. The van der Waals surface area contributed by atoms with Crippen molar-refractivity contribution < 1.29 is 52.8 Å². The molecule has 3 amide bonds. The molecule has 0 bridgehead atoms. The number of carboxylic acids is 1. The molecule has 0 aliphatic rings. The lowest BCUT2D eigenvalue weighted by molar-refractivity contribution is -0.127. The Morgan fingerprint density at radius 1 is 0.574 bits per heavy atom. The minimum atomic E-state index is -0.950. The predicted octanol–water partition coefficient (Wildman–Crippen LogP) is 2.28. The second-order valence-corrected chi connectivity index (χ2v) is 10.6. The van der Waals surface area contributed by atoms with E-state index in [9.17, 15) is 24.0 Å². The maximum absolute atomic E-state index is 12.0. The van der Waals surface area contributed by atoms with Gasteiger partial charge in [-0.2, -0.15) is 0 Å². The Bertz CT molecular complexity index is 993. The summed E-state index contributed by atoms with van der Waals surface area (Å²) in [6.07, 6.45) is 9.51. The van der Waals surface area contributed by atoms with Gasteiger partial charge in [-0.05, 0) is 43.5 Å². The van der Waals surface area contributed by atoms with Gasteiger partial charge < -0.3 is 49.5 Å². The van der Waals surface area contributed by atoms with Crippen LogP contribution in [0.4, 0.5) is 0 Å². The van der Waals surface area contributed by atoms with Crippen molar-refractivity contribution in [2.45, 2.75) is 64.2 Å². The fourth-order valence-corrected chi connectivity index (χ4v) is 4.05. The Labute approximate surface area is 277 Å². The van der Waals surface area contributed by atoms with Gasteiger partial charge in [-0.1, -0.05) is 32.1 Å². The molecule has 1 aromatic rings. The number of hydrogen-bond acceptors (Lipinski definition) is 10. The van der Waals surface area contributed by atoms with Gasteiger partial charge in [0, 0.05) is 32.5 Å². The number of rotatable bonds is 32. The summed E-state index contributed by atoms with van der Waals surface area (Å²) in [5.74, 6) is -0.770. The average molecular weight is 668 g/mol. The van der Waals surface area contributed by atoms with E-state index in [1.54, 1.807) is 12.1 Å². The van der Waals surface area contributed by atoms with Gasteiger partial charge in [0.1, 0.15) is 25.2 Å². The lowest BCUT2D eigenvalue weighted by atomic mass is 10.1. The van der Waals surface area contributed by atoms with Crippen LogP contribution in [0.25, 0.3) is 0 Å². The van der Waals surface area contributed by atoms with Crippen LogP contribution in [-0.2, 0) is 38.1 Å². The Morgan fingerprint density at radius 2 is 1.09 bits per heavy atom. The normalized spacial score (nSPS) is 10.7. The molecule has 0 aromatic heterocycles. The van der Waals surface area contributed by atoms with Crippen molar-refractivity contribution in [3.05, 3.63) is 29.8 Å². The van der Waals surface area contributed by atoms with Crippen molar-refractivity contribution in [1.29, 1.82) is 0 Å². The van der Waals surface area contributed by atoms with Crippen molar-refractivity contribution >= 4 is 30.0 Å². The highest BCUT2D eigenvalue weighted by Crippen LogP contribution is 2.14. The van der Waals surface area contributed by atoms with E-state index in [1.165, 1.54) is 12.1 Å². The van der Waals surface area contributed by atoms with E-state index in [0.717, 1.165) is 51.2 Å². The third kappa shape index (κ3) is 26.2. The van der Waals surface area contributed by atoms with Crippen molar-refractivity contribution in [1.82, 2.24) is 16.0 Å². The minimum Gasteiger partial charge on any atom is -0.494 e. The number of benzene rings is 1. The fourth-order valence-electron chi connectivity index (χ4n) is 4.05. The number of carbonyl (C=O) groups is 5. The lowest BCUT2D eigenvalue weighted by Gasteiger charge is -2.09. The number of carbonyl (C=O) groups excluding carboxylic acids is 4. The second kappa shape index (κ2) is 29.8. The van der Waals surface area contributed by atoms with Crippen LogP contribution in [0.5, 0.6) is 5.75 Å². The molecule has 0 aliphatic heterocycles. The van der Waals surface area contributed by atoms with Gasteiger partial charge in [0.05, 0.1) is 51.8 Å². The Balaban J connectivity index is 1.78. The van der Waals surface area contributed by atoms with Crippen molar-refractivity contribution in [2.24, 2.45) is 0 Å². The first-order chi connectivity index (χ1) is 22.9. The van der Waals surface area contributed by atoms with E-state index < -0.39 is 5.97 Å². The summed E-state index contributed by atoms with van der Waals surface area (Å²) in [5, 5.41) is 17.1. The van der Waals surface area contributed by atoms with E-state index in [0.29, 0.717) is 77.7 Å². The van der Waals surface area contributed by atoms with Crippen molar-refractivity contribution in [3.8, 4) is 5.75 Å². The predicted molar refractivity (Wildman–Crippen MR) is 173 cm³/mol. The third-order valence-electron chi connectivity index (χ3n) is 6.59. The zero-order valence-electron chi connectivity index (χ0n) is 27.5. The highest BCUT2D eigenvalue weighted by molar-refractivity contribution is 5.87. The molecule has 266 valence electrons. The molecule has 47 heavy (non-hydrogen) atoms. The van der Waals surface area contributed by atoms with Crippen LogP contribution in [0.1, 0.15) is 74.6 Å². The average Bonchev–Trinajstić information content (AvgIpc) is 3.06. The monoisotopic (exact) mass is 667 g/mol. The molecule has 0 saturated heterocycles. The van der Waals surface area contributed by atoms with E-state index in [2.05, 4.69) is 16.0 Å². The van der Waals surface area contributed by atoms with Crippen LogP contribution in [0.3, 0.4) is 0 Å². The lowest BCUT2D eigenvalue weighted by Crippen LogP contribution is -2.31. The minimum absolute atomic E-state index is 0.0116. The quantitative estimate of drug-likeness (QED) is 0.0652. The van der Waals surface area contributed by atoms with Crippen LogP contribution >= 0.6 is 0 Å². The first-order valence-electron chi connectivity index (χ1n) is 16.4. The molecule has 14 heteroatoms. The molecule has 0 spiro atoms. The Hall–Kier alpha value is -3.59. The van der Waals surface area contributed by atoms with E-state index in [4.69, 9.17) is 28.8 Å². The Morgan fingerprint density at radius 3 is 1.66 bits per heavy atom. The number of unbranched alkanes of at least 4 members (excludes halogenated alkanes) is 7. The molecular formula is C33H53N3O11. The van der Waals surface area contributed by atoms with Gasteiger partial charge in [-0.25, -0.2) is 4.79 Å². The summed E-state index contributed by atoms with van der Waals surface area (Å²) in [4.78, 5) is 56.3. The van der Waals surface area contributed by atoms with Gasteiger partial charge in [-0.3, -0.25) is 14.4 Å². The van der Waals surface area contributed by atoms with E-state index in [-0.39, 0.29) is 49.7 Å². The number of aldehydes is 1. The van der Waals surface area contributed by atoms with E-state index >= 15 is 0 Å². The SMILES string of the molecule is O=CCCCNC(=O)COCCOCCNC(=O)COCCOCCNC(=O)CCCCCCCCCOc1ccc(C(=O)O)cc1. The number of nitrogens with one attached hydrogen (secondary N) is 3. The smallest absolute Gasteiger partial charge is 0.335 e. The fraction of sp³-hybridized carbons (Fsp3) is 0.667. The number of ether oxygens (including phenoxy) is 5. The molecule has 4 N–H and O–H groups in total. The van der Waals surface area contributed by atoms with Gasteiger partial charge >= 0.3 is 5.97 Å². The maximum Gasteiger partial charge on any atom is 0.335 e. The Kier molecular flexibility index (Phi) is 26.3. The molecule has 0 atom stereocenters. The van der Waals surface area contributed by atoms with Gasteiger partial charge in [0.15, 0.2) is 0 Å². The molecule has 14 nitrogen and oxygen atoms in total. The van der Waals surface area contributed by atoms with Crippen LogP contribution in [0.15, 0.2) is 24.3 Å². The summed E-state index contributed by atoms with van der Waals surface area (Å²) < 4.78 is 26.9. The third-order valence-corrected chi connectivity index (χ3v) is 6.59. The molecule has 0 fully saturated rings. The molecule has 0 heterocycles.